The van der Waals surface area contributed by atoms with Crippen molar-refractivity contribution in [1.29, 1.82) is 0 Å². The van der Waals surface area contributed by atoms with Crippen LogP contribution in [-0.2, 0) is 16.2 Å². The van der Waals surface area contributed by atoms with E-state index in [1.807, 2.05) is 0 Å². The Kier molecular flexibility index (Phi) is 8.25. The quantitative estimate of drug-likeness (QED) is 0.164. The molecule has 1 heterocycles. The molecule has 11 aromatic rings. The first-order valence-corrected chi connectivity index (χ1v) is 25.1. The molecule has 0 aliphatic heterocycles. The van der Waals surface area contributed by atoms with Crippen LogP contribution in [0.2, 0.25) is 0 Å². The molecule has 0 fully saturated rings. The highest BCUT2D eigenvalue weighted by Gasteiger charge is 2.49. The molecule has 338 valence electrons. The molecule has 0 N–H and O–H groups in total. The molecule has 14 rings (SSSR count). The van der Waals surface area contributed by atoms with Gasteiger partial charge in [0.25, 0.3) is 0 Å². The van der Waals surface area contributed by atoms with Crippen LogP contribution in [0.5, 0.6) is 0 Å². The lowest BCUT2D eigenvalue weighted by Crippen LogP contribution is -2.24. The summed E-state index contributed by atoms with van der Waals surface area (Å²) in [5.41, 5.74) is 27.1. The van der Waals surface area contributed by atoms with Crippen molar-refractivity contribution in [2.45, 2.75) is 78.6 Å². The first-order valence-electron chi connectivity index (χ1n) is 25.1. The Morgan fingerprint density at radius 2 is 0.986 bits per heavy atom. The Labute approximate surface area is 410 Å². The van der Waals surface area contributed by atoms with E-state index in [4.69, 9.17) is 4.42 Å². The van der Waals surface area contributed by atoms with Gasteiger partial charge in [-0.2, -0.15) is 0 Å². The van der Waals surface area contributed by atoms with Gasteiger partial charge in [-0.15, -0.1) is 0 Å². The highest BCUT2D eigenvalue weighted by Crippen LogP contribution is 2.64. The highest BCUT2D eigenvalue weighted by molar-refractivity contribution is 6.22. The summed E-state index contributed by atoms with van der Waals surface area (Å²) in [6.45, 7) is 21.3. The maximum atomic E-state index is 6.99. The molecule has 0 spiro atoms. The fourth-order valence-electron chi connectivity index (χ4n) is 13.7. The number of rotatable bonds is 4. The second kappa shape index (κ2) is 14.0. The van der Waals surface area contributed by atoms with Crippen LogP contribution in [0.4, 0.5) is 17.1 Å². The summed E-state index contributed by atoms with van der Waals surface area (Å²) in [5.74, 6) is 0. The molecule has 1 aromatic heterocycles. The van der Waals surface area contributed by atoms with Crippen molar-refractivity contribution >= 4 is 60.5 Å². The van der Waals surface area contributed by atoms with Crippen LogP contribution < -0.4 is 4.90 Å². The molecular formula is C68H55NO. The average molecular weight is 902 g/mol. The van der Waals surface area contributed by atoms with E-state index in [0.717, 1.165) is 28.2 Å². The van der Waals surface area contributed by atoms with Crippen LogP contribution in [0.15, 0.2) is 174 Å². The van der Waals surface area contributed by atoms with Gasteiger partial charge in [-0.05, 0) is 174 Å². The number of nitrogens with zero attached hydrogens (tertiary/aromatic N) is 1. The maximum Gasteiger partial charge on any atom is 0.144 e. The number of benzene rings is 10. The molecule has 3 aliphatic rings. The van der Waals surface area contributed by atoms with Gasteiger partial charge < -0.3 is 9.32 Å². The van der Waals surface area contributed by atoms with Crippen molar-refractivity contribution in [2.75, 3.05) is 4.90 Å². The number of hydrogen-bond acceptors (Lipinski definition) is 2. The molecule has 0 unspecified atom stereocenters. The van der Waals surface area contributed by atoms with Crippen LogP contribution >= 0.6 is 0 Å². The minimum Gasteiger partial charge on any atom is -0.455 e. The van der Waals surface area contributed by atoms with Crippen LogP contribution in [0.1, 0.15) is 91.6 Å². The Morgan fingerprint density at radius 1 is 0.371 bits per heavy atom. The summed E-state index contributed by atoms with van der Waals surface area (Å²) >= 11 is 0. The smallest absolute Gasteiger partial charge is 0.144 e. The van der Waals surface area contributed by atoms with Crippen molar-refractivity contribution in [3.05, 3.63) is 220 Å². The number of furan rings is 1. The van der Waals surface area contributed by atoms with E-state index in [1.165, 1.54) is 127 Å². The molecule has 0 saturated heterocycles. The highest BCUT2D eigenvalue weighted by atomic mass is 16.3. The summed E-state index contributed by atoms with van der Waals surface area (Å²) in [4.78, 5) is 2.51. The fraction of sp³-hybridized carbons (Fsp3) is 0.176. The zero-order valence-corrected chi connectivity index (χ0v) is 41.5. The normalized spacial score (nSPS) is 15.3. The number of fused-ring (bicyclic) bond motifs is 19. The van der Waals surface area contributed by atoms with Gasteiger partial charge >= 0.3 is 0 Å². The second-order valence-electron chi connectivity index (χ2n) is 22.2. The standard InChI is InChI=1S/C68H55NO/c1-38-17-16-19-42(34-38)69(43-27-31-49-54(35-43)66(4,5)56-37-52(45-29-25-39(2)33-40(45)3)47-30-26-41-18-10-11-20-46(41)58(47)59(49)56)44-28-32-50-55(36-44)68(8,9)63-60(50)61-51-22-13-15-24-57(51)70-65(61)62-48-21-12-14-23-53(48)67(6,7)64(62)63/h10-37H,1-9H3. The number of hydrogen-bond donors (Lipinski definition) is 0. The zero-order chi connectivity index (χ0) is 47.7. The molecule has 0 bridgehead atoms. The van der Waals surface area contributed by atoms with Crippen LogP contribution in [0.3, 0.4) is 0 Å². The van der Waals surface area contributed by atoms with Gasteiger partial charge in [0.05, 0.1) is 0 Å². The first kappa shape index (κ1) is 41.3. The lowest BCUT2D eigenvalue weighted by Gasteiger charge is -2.32. The Hall–Kier alpha value is -7.68. The summed E-state index contributed by atoms with van der Waals surface area (Å²) in [7, 11) is 0. The van der Waals surface area contributed by atoms with Crippen LogP contribution in [0.25, 0.3) is 88.0 Å². The molecule has 0 atom stereocenters. The Bertz CT molecular complexity index is 4130. The molecule has 0 radical (unpaired) electrons. The lowest BCUT2D eigenvalue weighted by molar-refractivity contribution is 0.600. The zero-order valence-electron chi connectivity index (χ0n) is 41.5. The van der Waals surface area contributed by atoms with Gasteiger partial charge in [-0.25, -0.2) is 0 Å². The predicted molar refractivity (Wildman–Crippen MR) is 296 cm³/mol. The van der Waals surface area contributed by atoms with E-state index in [9.17, 15) is 0 Å². The molecule has 70 heavy (non-hydrogen) atoms. The molecule has 0 saturated carbocycles. The molecule has 2 nitrogen and oxygen atoms in total. The Morgan fingerprint density at radius 3 is 1.76 bits per heavy atom. The average Bonchev–Trinajstić information content (AvgIpc) is 3.99. The summed E-state index contributed by atoms with van der Waals surface area (Å²) < 4.78 is 6.99. The predicted octanol–water partition coefficient (Wildman–Crippen LogP) is 18.9. The molecule has 0 amide bonds. The van der Waals surface area contributed by atoms with Gasteiger partial charge in [0.1, 0.15) is 11.2 Å². The third-order valence-corrected chi connectivity index (χ3v) is 17.0. The molecular weight excluding hydrogens is 847 g/mol. The third-order valence-electron chi connectivity index (χ3n) is 17.0. The summed E-state index contributed by atoms with van der Waals surface area (Å²) in [6.07, 6.45) is 0. The summed E-state index contributed by atoms with van der Waals surface area (Å²) in [6, 6.07) is 64.4. The topological polar surface area (TPSA) is 16.4 Å². The van der Waals surface area contributed by atoms with Crippen molar-refractivity contribution in [3.63, 3.8) is 0 Å². The van der Waals surface area contributed by atoms with E-state index in [1.54, 1.807) is 0 Å². The lowest BCUT2D eigenvalue weighted by atomic mass is 9.72. The number of para-hydroxylation sites is 1. The molecule has 3 aliphatic carbocycles. The molecule has 10 aromatic carbocycles. The molecule has 2 heteroatoms. The van der Waals surface area contributed by atoms with E-state index in [-0.39, 0.29) is 16.2 Å². The largest absolute Gasteiger partial charge is 0.455 e. The third kappa shape index (κ3) is 5.34. The first-order chi connectivity index (χ1) is 33.7. The van der Waals surface area contributed by atoms with Crippen LogP contribution in [0, 0.1) is 20.8 Å². The van der Waals surface area contributed by atoms with Crippen molar-refractivity contribution in [3.8, 4) is 44.5 Å². The maximum absolute atomic E-state index is 6.99. The van der Waals surface area contributed by atoms with E-state index < -0.39 is 0 Å². The van der Waals surface area contributed by atoms with Crippen molar-refractivity contribution < 1.29 is 4.42 Å². The minimum atomic E-state index is -0.312. The van der Waals surface area contributed by atoms with Gasteiger partial charge in [0.2, 0.25) is 0 Å². The van der Waals surface area contributed by atoms with E-state index in [2.05, 4.69) is 237 Å². The van der Waals surface area contributed by atoms with Crippen molar-refractivity contribution in [2.24, 2.45) is 0 Å². The van der Waals surface area contributed by atoms with E-state index in [0.29, 0.717) is 0 Å². The van der Waals surface area contributed by atoms with Crippen molar-refractivity contribution in [1.82, 2.24) is 0 Å². The number of anilines is 3. The minimum absolute atomic E-state index is 0.217. The van der Waals surface area contributed by atoms with Gasteiger partial charge in [0, 0.05) is 49.6 Å². The fourth-order valence-corrected chi connectivity index (χ4v) is 13.7. The second-order valence-corrected chi connectivity index (χ2v) is 22.2. The van der Waals surface area contributed by atoms with Gasteiger partial charge in [-0.1, -0.05) is 168 Å². The van der Waals surface area contributed by atoms with Gasteiger partial charge in [0.15, 0.2) is 0 Å². The number of aryl methyl sites for hydroxylation is 3. The summed E-state index contributed by atoms with van der Waals surface area (Å²) in [5, 5.41) is 7.63. The Balaban J connectivity index is 0.991. The monoisotopic (exact) mass is 901 g/mol. The van der Waals surface area contributed by atoms with Crippen LogP contribution in [-0.4, -0.2) is 0 Å². The SMILES string of the molecule is Cc1cccc(N(c2ccc3c(c2)C(C)(C)c2cc(-c4ccc(C)cc4C)c4ccc5ccccc5c4c2-3)c2ccc3c(c2)C(C)(C)c2c4c(c5oc6ccccc6c5c2-3)-c2ccccc2C4(C)C)c1. The van der Waals surface area contributed by atoms with Gasteiger partial charge in [-0.3, -0.25) is 0 Å². The van der Waals surface area contributed by atoms with E-state index >= 15 is 0 Å².